The second-order valence-electron chi connectivity index (χ2n) is 5.51. The smallest absolute Gasteiger partial charge is 0.0586 e. The van der Waals surface area contributed by atoms with Crippen molar-refractivity contribution in [3.05, 3.63) is 21.9 Å². The Morgan fingerprint density at radius 1 is 1.44 bits per heavy atom. The first-order valence-corrected chi connectivity index (χ1v) is 7.83. The fourth-order valence-electron chi connectivity index (χ4n) is 2.87. The quantitative estimate of drug-likeness (QED) is 0.881. The molecule has 1 aromatic rings. The minimum absolute atomic E-state index is 0.465. The van der Waals surface area contributed by atoms with Crippen LogP contribution in [0, 0.1) is 6.92 Å². The molecule has 0 saturated heterocycles. The molecule has 18 heavy (non-hydrogen) atoms. The highest BCUT2D eigenvalue weighted by molar-refractivity contribution is 7.11. The molecular formula is C15H25NOS. The molecule has 1 aliphatic rings. The summed E-state index contributed by atoms with van der Waals surface area (Å²) in [6, 6.07) is 5.68. The van der Waals surface area contributed by atoms with Crippen LogP contribution in [0.1, 0.15) is 42.4 Å². The Hall–Kier alpha value is -0.380. The fraction of sp³-hybridized carbons (Fsp3) is 0.733. The fourth-order valence-corrected chi connectivity index (χ4v) is 3.89. The number of ether oxygens (including phenoxy) is 1. The van der Waals surface area contributed by atoms with Crippen LogP contribution >= 0.6 is 11.3 Å². The van der Waals surface area contributed by atoms with Gasteiger partial charge < -0.3 is 10.1 Å². The lowest BCUT2D eigenvalue weighted by molar-refractivity contribution is 0.0573. The van der Waals surface area contributed by atoms with Crippen LogP contribution in [0.5, 0.6) is 0 Å². The molecule has 0 bridgehead atoms. The molecule has 1 aliphatic carbocycles. The highest BCUT2D eigenvalue weighted by Gasteiger charge is 2.22. The Labute approximate surface area is 115 Å². The van der Waals surface area contributed by atoms with E-state index in [1.807, 2.05) is 18.4 Å². The van der Waals surface area contributed by atoms with Crippen molar-refractivity contribution in [3.63, 3.8) is 0 Å². The topological polar surface area (TPSA) is 21.3 Å². The lowest BCUT2D eigenvalue weighted by Crippen LogP contribution is -2.42. The van der Waals surface area contributed by atoms with Crippen molar-refractivity contribution in [1.82, 2.24) is 5.32 Å². The van der Waals surface area contributed by atoms with Crippen molar-refractivity contribution >= 4 is 11.3 Å². The van der Waals surface area contributed by atoms with Crippen molar-refractivity contribution < 1.29 is 4.74 Å². The van der Waals surface area contributed by atoms with Crippen LogP contribution in [0.3, 0.4) is 0 Å². The van der Waals surface area contributed by atoms with E-state index in [2.05, 4.69) is 31.3 Å². The minimum Gasteiger partial charge on any atom is -0.381 e. The Morgan fingerprint density at radius 3 is 2.94 bits per heavy atom. The maximum Gasteiger partial charge on any atom is 0.0586 e. The molecule has 2 rings (SSSR count). The number of hydrogen-bond acceptors (Lipinski definition) is 3. The molecule has 3 atom stereocenters. The van der Waals surface area contributed by atoms with Crippen LogP contribution in [0.25, 0.3) is 0 Å². The molecule has 1 heterocycles. The van der Waals surface area contributed by atoms with Crippen LogP contribution < -0.4 is 5.32 Å². The average molecular weight is 267 g/mol. The monoisotopic (exact) mass is 267 g/mol. The summed E-state index contributed by atoms with van der Waals surface area (Å²) in [6.07, 6.45) is 6.60. The molecule has 0 spiro atoms. The van der Waals surface area contributed by atoms with Gasteiger partial charge in [-0.2, -0.15) is 0 Å². The largest absolute Gasteiger partial charge is 0.381 e. The van der Waals surface area contributed by atoms with Crippen molar-refractivity contribution in [2.75, 3.05) is 7.11 Å². The molecule has 0 aromatic carbocycles. The molecule has 0 aliphatic heterocycles. The zero-order valence-electron chi connectivity index (χ0n) is 11.7. The Bertz CT molecular complexity index is 363. The standard InChI is InChI=1S/C15H25NOS/c1-11(9-15-8-7-12(2)18-15)16-13-5-4-6-14(10-13)17-3/h7-8,11,13-14,16H,4-6,9-10H2,1-3H3. The van der Waals surface area contributed by atoms with Crippen molar-refractivity contribution in [2.45, 2.75) is 64.1 Å². The highest BCUT2D eigenvalue weighted by atomic mass is 32.1. The first-order chi connectivity index (χ1) is 8.67. The normalized spacial score (nSPS) is 26.2. The second-order valence-corrected chi connectivity index (χ2v) is 6.88. The molecule has 102 valence electrons. The van der Waals surface area contributed by atoms with Crippen LogP contribution in [0.4, 0.5) is 0 Å². The predicted molar refractivity (Wildman–Crippen MR) is 78.4 cm³/mol. The average Bonchev–Trinajstić information content (AvgIpc) is 2.74. The summed E-state index contributed by atoms with van der Waals surface area (Å²) in [5.74, 6) is 0. The van der Waals surface area contributed by atoms with Crippen molar-refractivity contribution in [2.24, 2.45) is 0 Å². The summed E-state index contributed by atoms with van der Waals surface area (Å²) in [4.78, 5) is 2.90. The molecule has 3 heteroatoms. The number of methoxy groups -OCH3 is 1. The Kier molecular flexibility index (Phi) is 5.22. The second kappa shape index (κ2) is 6.69. The summed E-state index contributed by atoms with van der Waals surface area (Å²) in [6.45, 7) is 4.47. The zero-order valence-corrected chi connectivity index (χ0v) is 12.6. The molecule has 1 saturated carbocycles. The van der Waals surface area contributed by atoms with E-state index in [-0.39, 0.29) is 0 Å². The van der Waals surface area contributed by atoms with Gasteiger partial charge in [0, 0.05) is 28.9 Å². The van der Waals surface area contributed by atoms with Gasteiger partial charge in [0.2, 0.25) is 0 Å². The predicted octanol–water partition coefficient (Wildman–Crippen LogP) is 3.53. The number of thiophene rings is 1. The summed E-state index contributed by atoms with van der Waals surface area (Å²) in [7, 11) is 1.84. The third kappa shape index (κ3) is 4.08. The van der Waals surface area contributed by atoms with E-state index in [1.165, 1.54) is 35.4 Å². The summed E-state index contributed by atoms with van der Waals surface area (Å²) in [5.41, 5.74) is 0. The lowest BCUT2D eigenvalue weighted by Gasteiger charge is -2.31. The van der Waals surface area contributed by atoms with Gasteiger partial charge in [-0.25, -0.2) is 0 Å². The van der Waals surface area contributed by atoms with Crippen molar-refractivity contribution in [1.29, 1.82) is 0 Å². The van der Waals surface area contributed by atoms with Gasteiger partial charge in [-0.1, -0.05) is 0 Å². The summed E-state index contributed by atoms with van der Waals surface area (Å²) >= 11 is 1.92. The van der Waals surface area contributed by atoms with Crippen LogP contribution in [0.2, 0.25) is 0 Å². The van der Waals surface area contributed by atoms with Gasteiger partial charge in [-0.3, -0.25) is 0 Å². The van der Waals surface area contributed by atoms with E-state index in [0.29, 0.717) is 18.2 Å². The maximum atomic E-state index is 5.49. The maximum absolute atomic E-state index is 5.49. The number of nitrogens with one attached hydrogen (secondary N) is 1. The van der Waals surface area contributed by atoms with Gasteiger partial charge in [-0.05, 0) is 58.1 Å². The molecule has 2 nitrogen and oxygen atoms in total. The van der Waals surface area contributed by atoms with E-state index in [4.69, 9.17) is 4.74 Å². The van der Waals surface area contributed by atoms with Crippen LogP contribution in [-0.2, 0) is 11.2 Å². The highest BCUT2D eigenvalue weighted by Crippen LogP contribution is 2.22. The van der Waals surface area contributed by atoms with Gasteiger partial charge in [0.15, 0.2) is 0 Å². The van der Waals surface area contributed by atoms with Gasteiger partial charge >= 0.3 is 0 Å². The molecule has 1 N–H and O–H groups in total. The molecule has 3 unspecified atom stereocenters. The number of rotatable bonds is 5. The van der Waals surface area contributed by atoms with Gasteiger partial charge in [-0.15, -0.1) is 11.3 Å². The third-order valence-electron chi connectivity index (χ3n) is 3.78. The summed E-state index contributed by atoms with van der Waals surface area (Å²) < 4.78 is 5.49. The summed E-state index contributed by atoms with van der Waals surface area (Å²) in [5, 5.41) is 3.77. The zero-order chi connectivity index (χ0) is 13.0. The van der Waals surface area contributed by atoms with E-state index >= 15 is 0 Å². The molecule has 1 fully saturated rings. The van der Waals surface area contributed by atoms with Gasteiger partial charge in [0.25, 0.3) is 0 Å². The van der Waals surface area contributed by atoms with Crippen LogP contribution in [-0.4, -0.2) is 25.3 Å². The van der Waals surface area contributed by atoms with Crippen molar-refractivity contribution in [3.8, 4) is 0 Å². The van der Waals surface area contributed by atoms with E-state index in [0.717, 1.165) is 6.42 Å². The Morgan fingerprint density at radius 2 is 2.28 bits per heavy atom. The molecular weight excluding hydrogens is 242 g/mol. The first kappa shape index (κ1) is 14.0. The van der Waals surface area contributed by atoms with E-state index in [1.54, 1.807) is 0 Å². The van der Waals surface area contributed by atoms with E-state index in [9.17, 15) is 0 Å². The molecule has 1 aromatic heterocycles. The number of hydrogen-bond donors (Lipinski definition) is 1. The van der Waals surface area contributed by atoms with Gasteiger partial charge in [0.1, 0.15) is 0 Å². The number of aryl methyl sites for hydroxylation is 1. The first-order valence-electron chi connectivity index (χ1n) is 7.01. The lowest BCUT2D eigenvalue weighted by atomic mass is 9.92. The van der Waals surface area contributed by atoms with Crippen LogP contribution in [0.15, 0.2) is 12.1 Å². The Balaban J connectivity index is 1.78. The molecule has 0 radical (unpaired) electrons. The third-order valence-corrected chi connectivity index (χ3v) is 4.81. The minimum atomic E-state index is 0.465. The van der Waals surface area contributed by atoms with E-state index < -0.39 is 0 Å². The SMILES string of the molecule is COC1CCCC(NC(C)Cc2ccc(C)s2)C1. The molecule has 0 amide bonds. The van der Waals surface area contributed by atoms with Gasteiger partial charge in [0.05, 0.1) is 6.10 Å².